The van der Waals surface area contributed by atoms with Crippen LogP contribution in [0.1, 0.15) is 291 Å². The summed E-state index contributed by atoms with van der Waals surface area (Å²) in [6.07, 6.45) is 46.5. The van der Waals surface area contributed by atoms with E-state index in [0.29, 0.717) is 19.3 Å². The number of carbonyl (C=O) groups is 3. The molecule has 6 heteroatoms. The van der Waals surface area contributed by atoms with Crippen molar-refractivity contribution in [2.45, 2.75) is 298 Å². The van der Waals surface area contributed by atoms with Crippen LogP contribution >= 0.6 is 0 Å². The molecule has 0 aromatic carbocycles. The van der Waals surface area contributed by atoms with Crippen molar-refractivity contribution in [3.8, 4) is 0 Å². The molecule has 0 aromatic heterocycles. The molecule has 6 nitrogen and oxygen atoms in total. The topological polar surface area (TPSA) is 78.9 Å². The lowest BCUT2D eigenvalue weighted by atomic mass is 9.99. The third kappa shape index (κ3) is 45.8. The van der Waals surface area contributed by atoms with Crippen LogP contribution in [0.15, 0.2) is 0 Å². The van der Waals surface area contributed by atoms with Crippen LogP contribution in [0.4, 0.5) is 0 Å². The van der Waals surface area contributed by atoms with Crippen molar-refractivity contribution in [3.05, 3.63) is 0 Å². The standard InChI is InChI=1S/C53H102O6/c1-6-8-9-10-11-12-13-14-15-16-17-23-28-33-38-43-51(54)57-46-50(47-58-52(55)44-39-34-29-25-20-21-26-31-36-41-48(3)4)59-53(56)45-40-35-30-24-19-18-22-27-32-37-42-49(5)7-2/h48-50H,6-47H2,1-5H3/t49?,50-/m1/s1. The molecule has 0 spiro atoms. The van der Waals surface area contributed by atoms with E-state index in [1.54, 1.807) is 0 Å². The Morgan fingerprint density at radius 2 is 0.644 bits per heavy atom. The number of ether oxygens (including phenoxy) is 3. The number of carbonyl (C=O) groups excluding carboxylic acids is 3. The zero-order valence-corrected chi connectivity index (χ0v) is 40.4. The first kappa shape index (κ1) is 57.4. The Hall–Kier alpha value is -1.59. The summed E-state index contributed by atoms with van der Waals surface area (Å²) >= 11 is 0. The van der Waals surface area contributed by atoms with Crippen LogP contribution in [0.3, 0.4) is 0 Å². The molecule has 0 aromatic rings. The Morgan fingerprint density at radius 1 is 0.356 bits per heavy atom. The molecule has 0 fully saturated rings. The van der Waals surface area contributed by atoms with Crippen molar-refractivity contribution in [1.29, 1.82) is 0 Å². The zero-order valence-electron chi connectivity index (χ0n) is 40.4. The summed E-state index contributed by atoms with van der Waals surface area (Å²) < 4.78 is 16.8. The van der Waals surface area contributed by atoms with Crippen molar-refractivity contribution >= 4 is 17.9 Å². The molecule has 1 unspecified atom stereocenters. The highest BCUT2D eigenvalue weighted by Gasteiger charge is 2.19. The molecule has 0 saturated heterocycles. The molecular formula is C53H102O6. The SMILES string of the molecule is CCCCCCCCCCCCCCCCCC(=O)OC[C@H](COC(=O)CCCCCCCCCCCC(C)C)OC(=O)CCCCCCCCCCCCC(C)CC. The Labute approximate surface area is 368 Å². The van der Waals surface area contributed by atoms with Gasteiger partial charge in [-0.25, -0.2) is 0 Å². The van der Waals surface area contributed by atoms with Gasteiger partial charge in [0.2, 0.25) is 0 Å². The first-order valence-corrected chi connectivity index (χ1v) is 26.3. The number of hydrogen-bond acceptors (Lipinski definition) is 6. The second-order valence-electron chi connectivity index (χ2n) is 18.9. The molecule has 0 heterocycles. The number of esters is 3. The average Bonchev–Trinajstić information content (AvgIpc) is 3.22. The van der Waals surface area contributed by atoms with Gasteiger partial charge in [-0.1, -0.05) is 253 Å². The van der Waals surface area contributed by atoms with Crippen molar-refractivity contribution in [3.63, 3.8) is 0 Å². The molecule has 0 amide bonds. The first-order chi connectivity index (χ1) is 28.8. The fourth-order valence-corrected chi connectivity index (χ4v) is 7.96. The Kier molecular flexibility index (Phi) is 44.7. The van der Waals surface area contributed by atoms with Crippen LogP contribution in [-0.4, -0.2) is 37.2 Å². The van der Waals surface area contributed by atoms with Crippen LogP contribution in [0.5, 0.6) is 0 Å². The van der Waals surface area contributed by atoms with Gasteiger partial charge in [-0.15, -0.1) is 0 Å². The second kappa shape index (κ2) is 45.9. The van der Waals surface area contributed by atoms with E-state index in [1.165, 1.54) is 180 Å². The molecule has 0 saturated carbocycles. The van der Waals surface area contributed by atoms with Gasteiger partial charge in [-0.2, -0.15) is 0 Å². The zero-order chi connectivity index (χ0) is 43.3. The Morgan fingerprint density at radius 3 is 0.966 bits per heavy atom. The predicted molar refractivity (Wildman–Crippen MR) is 252 cm³/mol. The maximum Gasteiger partial charge on any atom is 0.306 e. The molecule has 0 aliphatic rings. The molecule has 59 heavy (non-hydrogen) atoms. The second-order valence-corrected chi connectivity index (χ2v) is 18.9. The fraction of sp³-hybridized carbons (Fsp3) is 0.943. The molecule has 0 rings (SSSR count). The van der Waals surface area contributed by atoms with Crippen LogP contribution in [0.2, 0.25) is 0 Å². The van der Waals surface area contributed by atoms with E-state index in [4.69, 9.17) is 14.2 Å². The molecule has 0 N–H and O–H groups in total. The predicted octanol–water partition coefficient (Wildman–Crippen LogP) is 16.9. The summed E-state index contributed by atoms with van der Waals surface area (Å²) in [5.74, 6) is 0.828. The highest BCUT2D eigenvalue weighted by atomic mass is 16.6. The van der Waals surface area contributed by atoms with E-state index in [2.05, 4.69) is 34.6 Å². The fourth-order valence-electron chi connectivity index (χ4n) is 7.96. The summed E-state index contributed by atoms with van der Waals surface area (Å²) in [6.45, 7) is 11.4. The van der Waals surface area contributed by atoms with Gasteiger partial charge in [0.1, 0.15) is 13.2 Å². The van der Waals surface area contributed by atoms with E-state index < -0.39 is 6.10 Å². The highest BCUT2D eigenvalue weighted by Crippen LogP contribution is 2.18. The van der Waals surface area contributed by atoms with Gasteiger partial charge in [-0.05, 0) is 31.1 Å². The van der Waals surface area contributed by atoms with E-state index >= 15 is 0 Å². The quantitative estimate of drug-likeness (QED) is 0.0345. The van der Waals surface area contributed by atoms with E-state index in [1.807, 2.05) is 0 Å². The van der Waals surface area contributed by atoms with Crippen molar-refractivity contribution in [1.82, 2.24) is 0 Å². The lowest BCUT2D eigenvalue weighted by Crippen LogP contribution is -2.30. The number of hydrogen-bond donors (Lipinski definition) is 0. The van der Waals surface area contributed by atoms with E-state index in [0.717, 1.165) is 69.6 Å². The highest BCUT2D eigenvalue weighted by molar-refractivity contribution is 5.71. The molecule has 0 radical (unpaired) electrons. The van der Waals surface area contributed by atoms with E-state index in [-0.39, 0.29) is 31.1 Å². The van der Waals surface area contributed by atoms with Gasteiger partial charge in [0.05, 0.1) is 0 Å². The van der Waals surface area contributed by atoms with Crippen LogP contribution in [-0.2, 0) is 28.6 Å². The third-order valence-electron chi connectivity index (χ3n) is 12.3. The minimum atomic E-state index is -0.762. The van der Waals surface area contributed by atoms with Gasteiger partial charge in [-0.3, -0.25) is 14.4 Å². The third-order valence-corrected chi connectivity index (χ3v) is 12.3. The monoisotopic (exact) mass is 835 g/mol. The minimum absolute atomic E-state index is 0.0638. The summed E-state index contributed by atoms with van der Waals surface area (Å²) in [5.41, 5.74) is 0. The Bertz CT molecular complexity index is 902. The van der Waals surface area contributed by atoms with Crippen molar-refractivity contribution in [2.75, 3.05) is 13.2 Å². The smallest absolute Gasteiger partial charge is 0.306 e. The number of unbranched alkanes of at least 4 members (excludes halogenated alkanes) is 31. The normalized spacial score (nSPS) is 12.5. The molecule has 350 valence electrons. The molecule has 0 aliphatic heterocycles. The summed E-state index contributed by atoms with van der Waals surface area (Å²) in [7, 11) is 0. The minimum Gasteiger partial charge on any atom is -0.462 e. The number of rotatable bonds is 47. The lowest BCUT2D eigenvalue weighted by molar-refractivity contribution is -0.167. The Balaban J connectivity index is 4.32. The van der Waals surface area contributed by atoms with Gasteiger partial charge < -0.3 is 14.2 Å². The van der Waals surface area contributed by atoms with Crippen molar-refractivity contribution in [2.24, 2.45) is 11.8 Å². The largest absolute Gasteiger partial charge is 0.462 e. The van der Waals surface area contributed by atoms with Crippen molar-refractivity contribution < 1.29 is 28.6 Å². The summed E-state index contributed by atoms with van der Waals surface area (Å²) in [5, 5.41) is 0. The molecule has 2 atom stereocenters. The maximum atomic E-state index is 12.8. The van der Waals surface area contributed by atoms with Gasteiger partial charge in [0.15, 0.2) is 6.10 Å². The lowest BCUT2D eigenvalue weighted by Gasteiger charge is -2.18. The van der Waals surface area contributed by atoms with Crippen LogP contribution < -0.4 is 0 Å². The van der Waals surface area contributed by atoms with E-state index in [9.17, 15) is 14.4 Å². The van der Waals surface area contributed by atoms with Gasteiger partial charge in [0.25, 0.3) is 0 Å². The van der Waals surface area contributed by atoms with Gasteiger partial charge in [0, 0.05) is 19.3 Å². The maximum absolute atomic E-state index is 12.8. The average molecular weight is 835 g/mol. The first-order valence-electron chi connectivity index (χ1n) is 26.3. The van der Waals surface area contributed by atoms with Gasteiger partial charge >= 0.3 is 17.9 Å². The molecule has 0 aliphatic carbocycles. The summed E-state index contributed by atoms with van der Waals surface area (Å²) in [4.78, 5) is 38.0. The summed E-state index contributed by atoms with van der Waals surface area (Å²) in [6, 6.07) is 0. The van der Waals surface area contributed by atoms with Crippen LogP contribution in [0, 0.1) is 11.8 Å². The molecular weight excluding hydrogens is 733 g/mol. The van der Waals surface area contributed by atoms with Crippen LogP contribution in [0.25, 0.3) is 0 Å². The molecule has 0 bridgehead atoms.